The number of nitrogens with two attached hydrogens (primary N) is 1. The summed E-state index contributed by atoms with van der Waals surface area (Å²) in [4.78, 5) is 4.56. The van der Waals surface area contributed by atoms with Gasteiger partial charge in [0.2, 0.25) is 0 Å². The lowest BCUT2D eigenvalue weighted by atomic mass is 10.0. The molecular weight excluding hydrogens is 421 g/mol. The fourth-order valence-electron chi connectivity index (χ4n) is 4.01. The van der Waals surface area contributed by atoms with Crippen LogP contribution in [-0.4, -0.2) is 33.6 Å². The Hall–Kier alpha value is -3.96. The third-order valence-electron chi connectivity index (χ3n) is 5.64. The quantitative estimate of drug-likeness (QED) is 0.427. The van der Waals surface area contributed by atoms with Crippen molar-refractivity contribution in [1.29, 1.82) is 5.26 Å². The number of rotatable bonds is 7. The Morgan fingerprint density at radius 1 is 1.18 bits per heavy atom. The lowest BCUT2D eigenvalue weighted by Crippen LogP contribution is -2.16. The summed E-state index contributed by atoms with van der Waals surface area (Å²) < 4.78 is 22.1. The van der Waals surface area contributed by atoms with Gasteiger partial charge in [0.1, 0.15) is 28.8 Å². The first-order valence-electron chi connectivity index (χ1n) is 10.7. The van der Waals surface area contributed by atoms with Crippen LogP contribution in [0.3, 0.4) is 0 Å². The second kappa shape index (κ2) is 9.27. The molecule has 168 valence electrons. The van der Waals surface area contributed by atoms with Crippen molar-refractivity contribution in [3.05, 3.63) is 59.9 Å². The average molecular weight is 445 g/mol. The maximum atomic E-state index is 15.2. The second-order valence-electron chi connectivity index (χ2n) is 7.70. The molecule has 0 saturated carbocycles. The smallest absolute Gasteiger partial charge is 0.191 e. The summed E-state index contributed by atoms with van der Waals surface area (Å²) in [5.41, 5.74) is 8.73. The number of aliphatic hydroxyl groups excluding tert-OH is 1. The second-order valence-corrected chi connectivity index (χ2v) is 7.70. The minimum Gasteiger partial charge on any atom is -0.493 e. The van der Waals surface area contributed by atoms with Crippen LogP contribution in [0.15, 0.2) is 48.5 Å². The van der Waals surface area contributed by atoms with Crippen molar-refractivity contribution in [2.45, 2.75) is 25.8 Å². The molecular formula is C25H24FN5O2. The van der Waals surface area contributed by atoms with E-state index in [-0.39, 0.29) is 35.5 Å². The Morgan fingerprint density at radius 3 is 2.58 bits per heavy atom. The largest absolute Gasteiger partial charge is 0.493 e. The maximum Gasteiger partial charge on any atom is 0.191 e. The molecule has 8 heteroatoms. The van der Waals surface area contributed by atoms with Crippen molar-refractivity contribution < 1.29 is 14.2 Å². The molecule has 33 heavy (non-hydrogen) atoms. The zero-order valence-electron chi connectivity index (χ0n) is 18.4. The summed E-state index contributed by atoms with van der Waals surface area (Å²) >= 11 is 0. The number of nitrogens with zero attached hydrogens (tertiary/aromatic N) is 4. The number of nitriles is 1. The minimum atomic E-state index is -0.541. The van der Waals surface area contributed by atoms with E-state index in [1.54, 1.807) is 30.3 Å². The molecule has 0 fully saturated rings. The third kappa shape index (κ3) is 3.88. The van der Waals surface area contributed by atoms with Crippen LogP contribution in [0.4, 0.5) is 10.2 Å². The Balaban J connectivity index is 1.92. The number of nitrogen functional groups attached to an aromatic ring is 1. The van der Waals surface area contributed by atoms with Crippen molar-refractivity contribution in [3.8, 4) is 34.3 Å². The minimum absolute atomic E-state index is 0.0965. The summed E-state index contributed by atoms with van der Waals surface area (Å²) in [5, 5.41) is 24.6. The molecule has 0 bridgehead atoms. The monoisotopic (exact) mass is 445 g/mol. The molecule has 0 aliphatic rings. The normalized spacial score (nSPS) is 12.0. The van der Waals surface area contributed by atoms with Crippen LogP contribution in [0, 0.1) is 17.1 Å². The molecule has 4 aromatic rings. The number of hydrogen-bond donors (Lipinski definition) is 2. The first-order chi connectivity index (χ1) is 16.0. The molecule has 3 N–H and O–H groups in total. The number of halogens is 1. The van der Waals surface area contributed by atoms with Crippen LogP contribution in [0.5, 0.6) is 5.75 Å². The van der Waals surface area contributed by atoms with Crippen molar-refractivity contribution >= 4 is 16.7 Å². The number of pyridine rings is 1. The van der Waals surface area contributed by atoms with Gasteiger partial charge >= 0.3 is 0 Å². The van der Waals surface area contributed by atoms with Crippen molar-refractivity contribution in [2.75, 3.05) is 19.5 Å². The van der Waals surface area contributed by atoms with E-state index in [0.29, 0.717) is 34.1 Å². The van der Waals surface area contributed by atoms with Gasteiger partial charge in [0.25, 0.3) is 0 Å². The number of fused-ring (bicyclic) bond motifs is 1. The number of benzene rings is 2. The fraction of sp³-hybridized carbons (Fsp3) is 0.240. The van der Waals surface area contributed by atoms with E-state index in [0.717, 1.165) is 6.42 Å². The highest BCUT2D eigenvalue weighted by Crippen LogP contribution is 2.37. The molecule has 0 aliphatic carbocycles. The molecule has 1 unspecified atom stereocenters. The van der Waals surface area contributed by atoms with Gasteiger partial charge in [-0.3, -0.25) is 0 Å². The zero-order chi connectivity index (χ0) is 23.5. The highest BCUT2D eigenvalue weighted by Gasteiger charge is 2.23. The molecule has 0 spiro atoms. The molecule has 2 aromatic carbocycles. The van der Waals surface area contributed by atoms with Crippen LogP contribution < -0.4 is 10.5 Å². The number of hydrogen-bond acceptors (Lipinski definition) is 6. The third-order valence-corrected chi connectivity index (χ3v) is 5.64. The maximum absolute atomic E-state index is 15.2. The van der Waals surface area contributed by atoms with Crippen molar-refractivity contribution in [1.82, 2.24) is 14.8 Å². The van der Waals surface area contributed by atoms with Gasteiger partial charge in [-0.2, -0.15) is 10.4 Å². The van der Waals surface area contributed by atoms with Crippen molar-refractivity contribution in [3.63, 3.8) is 0 Å². The van der Waals surface area contributed by atoms with Gasteiger partial charge in [-0.25, -0.2) is 14.1 Å². The lowest BCUT2D eigenvalue weighted by Gasteiger charge is -2.15. The summed E-state index contributed by atoms with van der Waals surface area (Å²) in [6, 6.07) is 16.0. The highest BCUT2D eigenvalue weighted by molar-refractivity contribution is 5.92. The van der Waals surface area contributed by atoms with Gasteiger partial charge in [-0.1, -0.05) is 49.7 Å². The van der Waals surface area contributed by atoms with Gasteiger partial charge in [0.15, 0.2) is 11.6 Å². The summed E-state index contributed by atoms with van der Waals surface area (Å²) in [6.45, 7) is 1.86. The first-order valence-corrected chi connectivity index (χ1v) is 10.7. The topological polar surface area (TPSA) is 110 Å². The summed E-state index contributed by atoms with van der Waals surface area (Å²) in [7, 11) is 1.42. The molecule has 2 heterocycles. The predicted molar refractivity (Wildman–Crippen MR) is 125 cm³/mol. The highest BCUT2D eigenvalue weighted by atomic mass is 19.1. The van der Waals surface area contributed by atoms with E-state index in [2.05, 4.69) is 16.2 Å². The summed E-state index contributed by atoms with van der Waals surface area (Å²) in [6.07, 6.45) is 1.50. The van der Waals surface area contributed by atoms with Gasteiger partial charge in [-0.15, -0.1) is 0 Å². The summed E-state index contributed by atoms with van der Waals surface area (Å²) in [5.74, 6) is -0.241. The predicted octanol–water partition coefficient (Wildman–Crippen LogP) is 4.70. The standard InChI is InChI=1S/C25H24FN5O2/c1-3-7-17(14-32)31-25(28)19(13-27)22(30-31)16-10-11-18-20(12-16)29-23(21(26)24(18)33-2)15-8-5-4-6-9-15/h4-6,8-12,17,32H,3,7,14,28H2,1-2H3. The van der Waals surface area contributed by atoms with E-state index in [9.17, 15) is 10.4 Å². The van der Waals surface area contributed by atoms with Crippen LogP contribution >= 0.6 is 0 Å². The Labute approximate surface area is 190 Å². The average Bonchev–Trinajstić information content (AvgIpc) is 3.18. The van der Waals surface area contributed by atoms with Gasteiger partial charge < -0.3 is 15.6 Å². The van der Waals surface area contributed by atoms with Gasteiger partial charge in [0, 0.05) is 16.5 Å². The van der Waals surface area contributed by atoms with E-state index in [1.807, 2.05) is 25.1 Å². The van der Waals surface area contributed by atoms with Crippen molar-refractivity contribution in [2.24, 2.45) is 0 Å². The Kier molecular flexibility index (Phi) is 6.24. The molecule has 0 saturated heterocycles. The van der Waals surface area contributed by atoms with E-state index in [4.69, 9.17) is 10.5 Å². The van der Waals surface area contributed by atoms with E-state index in [1.165, 1.54) is 11.8 Å². The van der Waals surface area contributed by atoms with Crippen LogP contribution in [0.1, 0.15) is 31.4 Å². The molecule has 2 aromatic heterocycles. The number of methoxy groups -OCH3 is 1. The Bertz CT molecular complexity index is 1340. The molecule has 4 rings (SSSR count). The number of aromatic nitrogens is 3. The number of ether oxygens (including phenoxy) is 1. The Morgan fingerprint density at radius 2 is 1.94 bits per heavy atom. The van der Waals surface area contributed by atoms with Crippen LogP contribution in [0.25, 0.3) is 33.4 Å². The molecule has 1 atom stereocenters. The first kappa shape index (κ1) is 22.2. The number of aliphatic hydroxyl groups is 1. The number of anilines is 1. The molecule has 7 nitrogen and oxygen atoms in total. The van der Waals surface area contributed by atoms with Crippen LogP contribution in [-0.2, 0) is 0 Å². The van der Waals surface area contributed by atoms with Gasteiger partial charge in [0.05, 0.1) is 25.3 Å². The van der Waals surface area contributed by atoms with Crippen LogP contribution in [0.2, 0.25) is 0 Å². The molecule has 0 amide bonds. The molecule has 0 aliphatic heterocycles. The van der Waals surface area contributed by atoms with E-state index >= 15 is 4.39 Å². The fourth-order valence-corrected chi connectivity index (χ4v) is 4.01. The van der Waals surface area contributed by atoms with E-state index < -0.39 is 5.82 Å². The van der Waals surface area contributed by atoms with Gasteiger partial charge in [-0.05, 0) is 18.6 Å². The SMILES string of the molecule is CCCC(CO)n1nc(-c2ccc3c(OC)c(F)c(-c4ccccc4)nc3c2)c(C#N)c1N. The lowest BCUT2D eigenvalue weighted by molar-refractivity contribution is 0.212. The molecule has 0 radical (unpaired) electrons. The zero-order valence-corrected chi connectivity index (χ0v) is 18.4.